The van der Waals surface area contributed by atoms with Crippen LogP contribution in [0, 0.1) is 12.8 Å². The lowest BCUT2D eigenvalue weighted by Crippen LogP contribution is -2.28. The Morgan fingerprint density at radius 2 is 1.93 bits per heavy atom. The molecule has 27 heavy (non-hydrogen) atoms. The third-order valence-electron chi connectivity index (χ3n) is 4.40. The van der Waals surface area contributed by atoms with Gasteiger partial charge in [-0.05, 0) is 78.7 Å². The molecule has 2 amide bonds. The summed E-state index contributed by atoms with van der Waals surface area (Å²) in [7, 11) is 0. The van der Waals surface area contributed by atoms with E-state index in [1.165, 1.54) is 0 Å². The van der Waals surface area contributed by atoms with Crippen molar-refractivity contribution in [3.63, 3.8) is 0 Å². The van der Waals surface area contributed by atoms with Crippen molar-refractivity contribution in [2.75, 3.05) is 16.8 Å². The Hall–Kier alpha value is -2.34. The number of hydrogen-bond acceptors (Lipinski definition) is 3. The third kappa shape index (κ3) is 4.69. The third-order valence-corrected chi connectivity index (χ3v) is 5.05. The summed E-state index contributed by atoms with van der Waals surface area (Å²) in [4.78, 5) is 26.7. The zero-order chi connectivity index (χ0) is 19.6. The molecule has 0 saturated carbocycles. The second-order valence-electron chi connectivity index (χ2n) is 7.04. The van der Waals surface area contributed by atoms with E-state index in [-0.39, 0.29) is 30.3 Å². The van der Waals surface area contributed by atoms with Crippen molar-refractivity contribution in [1.29, 1.82) is 0 Å². The molecule has 0 bridgehead atoms. The Bertz CT molecular complexity index is 849. The fourth-order valence-corrected chi connectivity index (χ4v) is 3.66. The first kappa shape index (κ1) is 19.4. The molecule has 0 unspecified atom stereocenters. The number of amides is 2. The molecule has 1 atom stereocenters. The number of benzene rings is 2. The maximum absolute atomic E-state index is 12.6. The van der Waals surface area contributed by atoms with Crippen molar-refractivity contribution in [2.45, 2.75) is 33.3 Å². The van der Waals surface area contributed by atoms with Crippen LogP contribution in [0.15, 0.2) is 46.9 Å². The molecule has 2 aromatic carbocycles. The summed E-state index contributed by atoms with van der Waals surface area (Å²) in [5.41, 5.74) is 2.60. The molecule has 1 aliphatic rings. The second-order valence-corrected chi connectivity index (χ2v) is 7.89. The highest BCUT2D eigenvalue weighted by atomic mass is 79.9. The molecule has 1 heterocycles. The van der Waals surface area contributed by atoms with Gasteiger partial charge in [0.1, 0.15) is 5.75 Å². The van der Waals surface area contributed by atoms with E-state index in [0.29, 0.717) is 12.2 Å². The Balaban J connectivity index is 1.66. The van der Waals surface area contributed by atoms with Crippen LogP contribution in [-0.2, 0) is 9.59 Å². The van der Waals surface area contributed by atoms with Crippen molar-refractivity contribution in [3.8, 4) is 5.75 Å². The van der Waals surface area contributed by atoms with Crippen LogP contribution in [0.5, 0.6) is 5.75 Å². The van der Waals surface area contributed by atoms with Gasteiger partial charge in [0, 0.05) is 23.1 Å². The summed E-state index contributed by atoms with van der Waals surface area (Å²) in [6.07, 6.45) is 0.304. The van der Waals surface area contributed by atoms with E-state index in [0.717, 1.165) is 21.5 Å². The summed E-state index contributed by atoms with van der Waals surface area (Å²) in [6, 6.07) is 13.1. The molecule has 5 nitrogen and oxygen atoms in total. The first-order chi connectivity index (χ1) is 12.8. The number of rotatable bonds is 5. The van der Waals surface area contributed by atoms with Gasteiger partial charge in [0.15, 0.2) is 0 Å². The first-order valence-corrected chi connectivity index (χ1v) is 9.77. The van der Waals surface area contributed by atoms with Gasteiger partial charge in [0.25, 0.3) is 0 Å². The fraction of sp³-hybridized carbons (Fsp3) is 0.333. The van der Waals surface area contributed by atoms with Crippen molar-refractivity contribution in [2.24, 2.45) is 5.92 Å². The number of nitrogens with one attached hydrogen (secondary N) is 1. The number of ether oxygens (including phenoxy) is 1. The van der Waals surface area contributed by atoms with Crippen LogP contribution in [0.2, 0.25) is 0 Å². The molecule has 142 valence electrons. The van der Waals surface area contributed by atoms with Crippen LogP contribution in [0.25, 0.3) is 0 Å². The van der Waals surface area contributed by atoms with Crippen molar-refractivity contribution < 1.29 is 14.3 Å². The topological polar surface area (TPSA) is 58.6 Å². The smallest absolute Gasteiger partial charge is 0.229 e. The molecule has 1 aliphatic heterocycles. The Morgan fingerprint density at radius 3 is 2.56 bits per heavy atom. The largest absolute Gasteiger partial charge is 0.491 e. The predicted molar refractivity (Wildman–Crippen MR) is 110 cm³/mol. The van der Waals surface area contributed by atoms with Gasteiger partial charge in [-0.3, -0.25) is 9.59 Å². The quantitative estimate of drug-likeness (QED) is 0.757. The van der Waals surface area contributed by atoms with E-state index in [1.807, 2.05) is 63.2 Å². The minimum absolute atomic E-state index is 0.0457. The average Bonchev–Trinajstić information content (AvgIpc) is 2.99. The SMILES string of the molecule is Cc1ccc(NC(=O)[C@@H]2CC(=O)N(c3ccc(OC(C)C)cc3)C2)c(Br)c1. The Labute approximate surface area is 167 Å². The zero-order valence-electron chi connectivity index (χ0n) is 15.7. The molecule has 1 saturated heterocycles. The highest BCUT2D eigenvalue weighted by molar-refractivity contribution is 9.10. The lowest BCUT2D eigenvalue weighted by atomic mass is 10.1. The average molecular weight is 431 g/mol. The molecule has 1 N–H and O–H groups in total. The number of aryl methyl sites for hydroxylation is 1. The maximum Gasteiger partial charge on any atom is 0.229 e. The van der Waals surface area contributed by atoms with Gasteiger partial charge in [0.05, 0.1) is 17.7 Å². The summed E-state index contributed by atoms with van der Waals surface area (Å²) < 4.78 is 6.46. The van der Waals surface area contributed by atoms with E-state index in [1.54, 1.807) is 4.90 Å². The highest BCUT2D eigenvalue weighted by Gasteiger charge is 2.35. The number of nitrogens with zero attached hydrogens (tertiary/aromatic N) is 1. The lowest BCUT2D eigenvalue weighted by Gasteiger charge is -2.18. The second kappa shape index (κ2) is 8.13. The molecule has 0 radical (unpaired) electrons. The van der Waals surface area contributed by atoms with Gasteiger partial charge in [0.2, 0.25) is 11.8 Å². The number of carbonyl (C=O) groups excluding carboxylic acids is 2. The van der Waals surface area contributed by atoms with E-state index in [2.05, 4.69) is 21.2 Å². The first-order valence-electron chi connectivity index (χ1n) is 8.97. The van der Waals surface area contributed by atoms with Crippen LogP contribution >= 0.6 is 15.9 Å². The summed E-state index contributed by atoms with van der Waals surface area (Å²) >= 11 is 3.46. The summed E-state index contributed by atoms with van der Waals surface area (Å²) in [5.74, 6) is 0.196. The molecule has 3 rings (SSSR count). The minimum atomic E-state index is -0.378. The molecule has 0 aromatic heterocycles. The normalized spacial score (nSPS) is 16.7. The van der Waals surface area contributed by atoms with Crippen LogP contribution in [0.1, 0.15) is 25.8 Å². The molecular weight excluding hydrogens is 408 g/mol. The molecule has 6 heteroatoms. The molecular formula is C21H23BrN2O3. The summed E-state index contributed by atoms with van der Waals surface area (Å²) in [5, 5.41) is 2.92. The van der Waals surface area contributed by atoms with Crippen molar-refractivity contribution in [1.82, 2.24) is 0 Å². The lowest BCUT2D eigenvalue weighted by molar-refractivity contribution is -0.122. The Morgan fingerprint density at radius 1 is 1.22 bits per heavy atom. The van der Waals surface area contributed by atoms with Crippen LogP contribution in [-0.4, -0.2) is 24.5 Å². The Kier molecular flexibility index (Phi) is 5.85. The molecule has 1 fully saturated rings. The number of hydrogen-bond donors (Lipinski definition) is 1. The predicted octanol–water partition coefficient (Wildman–Crippen LogP) is 4.54. The van der Waals surface area contributed by atoms with Gasteiger partial charge < -0.3 is 15.0 Å². The van der Waals surface area contributed by atoms with Gasteiger partial charge in [-0.15, -0.1) is 0 Å². The molecule has 0 aliphatic carbocycles. The summed E-state index contributed by atoms with van der Waals surface area (Å²) in [6.45, 7) is 6.29. The van der Waals surface area contributed by atoms with E-state index < -0.39 is 0 Å². The monoisotopic (exact) mass is 430 g/mol. The minimum Gasteiger partial charge on any atom is -0.491 e. The van der Waals surface area contributed by atoms with Crippen LogP contribution < -0.4 is 15.0 Å². The number of anilines is 2. The van der Waals surface area contributed by atoms with Gasteiger partial charge in [-0.1, -0.05) is 6.07 Å². The van der Waals surface area contributed by atoms with Crippen LogP contribution in [0.3, 0.4) is 0 Å². The van der Waals surface area contributed by atoms with Crippen LogP contribution in [0.4, 0.5) is 11.4 Å². The van der Waals surface area contributed by atoms with Crippen molar-refractivity contribution in [3.05, 3.63) is 52.5 Å². The maximum atomic E-state index is 12.6. The van der Waals surface area contributed by atoms with E-state index in [9.17, 15) is 9.59 Å². The van der Waals surface area contributed by atoms with Crippen molar-refractivity contribution >= 4 is 39.1 Å². The van der Waals surface area contributed by atoms with Gasteiger partial charge in [-0.25, -0.2) is 0 Å². The zero-order valence-corrected chi connectivity index (χ0v) is 17.2. The highest BCUT2D eigenvalue weighted by Crippen LogP contribution is 2.29. The standard InChI is InChI=1S/C21H23BrN2O3/c1-13(2)27-17-7-5-16(6-8-17)24-12-15(11-20(24)25)21(26)23-19-9-4-14(3)10-18(19)22/h4-10,13,15H,11-12H2,1-3H3,(H,23,26)/t15-/m1/s1. The molecule has 0 spiro atoms. The number of carbonyl (C=O) groups is 2. The van der Waals surface area contributed by atoms with Gasteiger partial charge in [-0.2, -0.15) is 0 Å². The fourth-order valence-electron chi connectivity index (χ4n) is 3.07. The van der Waals surface area contributed by atoms with E-state index >= 15 is 0 Å². The number of halogens is 1. The molecule has 2 aromatic rings. The van der Waals surface area contributed by atoms with E-state index in [4.69, 9.17) is 4.74 Å². The van der Waals surface area contributed by atoms with Gasteiger partial charge >= 0.3 is 0 Å².